The van der Waals surface area contributed by atoms with Crippen LogP contribution in [0.4, 0.5) is 9.59 Å². The molecule has 2 aromatic heterocycles. The number of hydrogen-bond acceptors (Lipinski definition) is 10. The molecule has 3 amide bonds. The number of nitrogens with one attached hydrogen (secondary N) is 1. The molecule has 2 saturated heterocycles. The fraction of sp³-hybridized carbons (Fsp3) is 0.593. The predicted molar refractivity (Wildman–Crippen MR) is 288 cm³/mol. The first-order valence-electron chi connectivity index (χ1n) is 25.8. The van der Waals surface area contributed by atoms with Crippen LogP contribution in [0.2, 0.25) is 0 Å². The van der Waals surface area contributed by atoms with E-state index in [4.69, 9.17) is 22.4 Å². The van der Waals surface area contributed by atoms with Crippen molar-refractivity contribution >= 4 is 47.2 Å². The molecule has 4 aromatic rings. The van der Waals surface area contributed by atoms with Gasteiger partial charge in [0.15, 0.2) is 0 Å². The Kier molecular flexibility index (Phi) is 24.4. The van der Waals surface area contributed by atoms with Gasteiger partial charge in [0.2, 0.25) is 11.1 Å². The van der Waals surface area contributed by atoms with Gasteiger partial charge in [0, 0.05) is 88.1 Å². The third-order valence-corrected chi connectivity index (χ3v) is 13.6. The smallest absolute Gasteiger partial charge is 0.329 e. The molecule has 2 aromatic carbocycles. The highest BCUT2D eigenvalue weighted by molar-refractivity contribution is 6.64. The Morgan fingerprint density at radius 1 is 0.732 bits per heavy atom. The Labute approximate surface area is 436 Å². The van der Waals surface area contributed by atoms with E-state index in [9.17, 15) is 19.2 Å². The normalized spacial score (nSPS) is 15.8. The molecule has 0 radical (unpaired) electrons. The number of rotatable bonds is 11. The van der Waals surface area contributed by atoms with Crippen molar-refractivity contribution in [2.45, 2.75) is 138 Å². The van der Waals surface area contributed by atoms with Gasteiger partial charge in [-0.2, -0.15) is 0 Å². The van der Waals surface area contributed by atoms with Crippen molar-refractivity contribution in [3.8, 4) is 34.0 Å². The van der Waals surface area contributed by atoms with Gasteiger partial charge in [-0.3, -0.25) is 23.6 Å². The summed E-state index contributed by atoms with van der Waals surface area (Å²) in [5, 5.41) is 3.16. The molecule has 17 heteroatoms. The fourth-order valence-corrected chi connectivity index (χ4v) is 9.02. The highest BCUT2D eigenvalue weighted by Crippen LogP contribution is 2.33. The lowest BCUT2D eigenvalue weighted by Gasteiger charge is -2.36. The van der Waals surface area contributed by atoms with Crippen LogP contribution in [0.15, 0.2) is 61.4 Å². The molecule has 4 fully saturated rings. The summed E-state index contributed by atoms with van der Waals surface area (Å²) < 4.78 is 19.9. The first kappa shape index (κ1) is 58.6. The van der Waals surface area contributed by atoms with Crippen LogP contribution < -0.4 is 14.8 Å². The van der Waals surface area contributed by atoms with E-state index in [1.165, 1.54) is 4.57 Å². The molecule has 0 spiro atoms. The Balaban J connectivity index is 0.000000284. The van der Waals surface area contributed by atoms with E-state index < -0.39 is 0 Å². The summed E-state index contributed by atoms with van der Waals surface area (Å²) in [6, 6.07) is 13.4. The van der Waals surface area contributed by atoms with Crippen LogP contribution in [0.5, 0.6) is 11.5 Å². The van der Waals surface area contributed by atoms with Gasteiger partial charge in [-0.1, -0.05) is 20.7 Å². The minimum absolute atomic E-state index is 0. The molecule has 1 N–H and O–H groups in total. The number of halogens is 2. The quantitative estimate of drug-likeness (QED) is 0.144. The van der Waals surface area contributed by atoms with Crippen LogP contribution in [0.1, 0.15) is 112 Å². The molecular weight excluding hydrogens is 942 g/mol. The first-order chi connectivity index (χ1) is 33.9. The molecule has 0 unspecified atom stereocenters. The number of piperidine rings is 2. The Bertz CT molecular complexity index is 2290. The van der Waals surface area contributed by atoms with Gasteiger partial charge in [-0.25, -0.2) is 19.6 Å². The van der Waals surface area contributed by atoms with Gasteiger partial charge in [0.25, 0.3) is 0 Å². The van der Waals surface area contributed by atoms with Crippen molar-refractivity contribution in [1.82, 2.24) is 44.0 Å². The van der Waals surface area contributed by atoms with Crippen LogP contribution in [0.3, 0.4) is 0 Å². The van der Waals surface area contributed by atoms with E-state index in [2.05, 4.69) is 54.8 Å². The molecule has 15 nitrogen and oxygen atoms in total. The molecule has 8 rings (SSSR count). The molecule has 4 heterocycles. The molecule has 71 heavy (non-hydrogen) atoms. The number of ether oxygens (including phenoxy) is 2. The molecule has 4 aliphatic rings. The monoisotopic (exact) mass is 1020 g/mol. The number of benzene rings is 2. The lowest BCUT2D eigenvalue weighted by Crippen LogP contribution is -2.48. The van der Waals surface area contributed by atoms with Crippen molar-refractivity contribution in [1.29, 1.82) is 0 Å². The topological polar surface area (TPSA) is 147 Å². The lowest BCUT2D eigenvalue weighted by molar-refractivity contribution is -0.133. The van der Waals surface area contributed by atoms with Crippen molar-refractivity contribution in [2.24, 2.45) is 11.8 Å². The SMILES string of the molecule is CCN(C(C)C)C(C)C.COc1ccc(-c2cn(C(=O)N(C)C3CCN(C(=O)C4CC4)CC3)cn2)cc1C.COc1ccc(-c2cn(C(=O)N(C)C3CCNCC3)cn2)cc1C.Cl.O=C(Cl)C1CC1.[2H]CC. The largest absolute Gasteiger partial charge is 0.496 e. The Hall–Kier alpha value is -4.96. The van der Waals surface area contributed by atoms with Crippen molar-refractivity contribution in [3.63, 3.8) is 0 Å². The van der Waals surface area contributed by atoms with E-state index in [0.717, 1.165) is 129 Å². The van der Waals surface area contributed by atoms with Gasteiger partial charge in [-0.05, 0) is 172 Å². The number of hydrogen-bond donors (Lipinski definition) is 1. The number of methoxy groups -OCH3 is 2. The average Bonchev–Trinajstić information content (AvgIpc) is 4.30. The number of aryl methyl sites for hydroxylation is 2. The highest BCUT2D eigenvalue weighted by atomic mass is 35.5. The van der Waals surface area contributed by atoms with E-state index in [0.29, 0.717) is 24.9 Å². The standard InChI is InChI=1S/C22H28N4O3.C18H24N4O2.C8H19N.C4H5ClO.C2H6.ClH/c1-15-12-17(6-7-20(15)29-3)19-13-26(14-23-19)22(28)24(2)18-8-10-25(11-9-18)21(27)16-4-5-16;1-13-10-14(4-5-17(13)24-3)16-11-22(12-20-16)18(23)21(2)15-6-8-19-9-7-15;1-6-9(7(2)3)8(4)5;5-4(6)3-1-2-3;1-2;/h6-7,12-14,16,18H,4-5,8-11H2,1-3H3;4-5,10-12,15,19H,6-9H2,1-3H3;7-8H,6H2,1-5H3;3H,1-2H2;1-2H3;1H/i;;;;1D;. The molecule has 394 valence electrons. The van der Waals surface area contributed by atoms with Crippen LogP contribution in [-0.2, 0) is 9.59 Å². The predicted octanol–water partition coefficient (Wildman–Crippen LogP) is 10.4. The summed E-state index contributed by atoms with van der Waals surface area (Å²) in [5.74, 6) is 2.46. The molecule has 0 atom stereocenters. The Morgan fingerprint density at radius 3 is 1.45 bits per heavy atom. The number of likely N-dealkylation sites (tertiary alicyclic amines) is 1. The number of amides is 3. The summed E-state index contributed by atoms with van der Waals surface area (Å²) in [6.45, 7) is 22.0. The number of nitrogens with zero attached hydrogens (tertiary/aromatic N) is 8. The maximum absolute atomic E-state index is 12.9. The van der Waals surface area contributed by atoms with Gasteiger partial charge in [0.05, 0.1) is 25.6 Å². The third-order valence-electron chi connectivity index (χ3n) is 13.3. The molecule has 2 saturated carbocycles. The molecule has 0 bridgehead atoms. The van der Waals surface area contributed by atoms with E-state index >= 15 is 0 Å². The fourth-order valence-electron chi connectivity index (χ4n) is 8.80. The summed E-state index contributed by atoms with van der Waals surface area (Å²) in [7, 11) is 7.02. The second-order valence-electron chi connectivity index (χ2n) is 18.9. The third kappa shape index (κ3) is 17.6. The maximum Gasteiger partial charge on any atom is 0.329 e. The van der Waals surface area contributed by atoms with E-state index in [-0.39, 0.29) is 53.6 Å². The van der Waals surface area contributed by atoms with Crippen LogP contribution in [0.25, 0.3) is 22.5 Å². The summed E-state index contributed by atoms with van der Waals surface area (Å²) in [5.41, 5.74) is 5.53. The van der Waals surface area contributed by atoms with Crippen molar-refractivity contribution in [3.05, 3.63) is 72.6 Å². The van der Waals surface area contributed by atoms with Crippen molar-refractivity contribution in [2.75, 3.05) is 61.0 Å². The number of carbonyl (C=O) groups excluding carboxylic acids is 4. The first-order valence-corrected chi connectivity index (χ1v) is 25.4. The number of aromatic nitrogens is 4. The van der Waals surface area contributed by atoms with Crippen LogP contribution >= 0.6 is 24.0 Å². The second kappa shape index (κ2) is 29.5. The molecular formula is C54H83Cl2N9O6. The zero-order valence-electron chi connectivity index (χ0n) is 45.5. The number of imidazole rings is 2. The summed E-state index contributed by atoms with van der Waals surface area (Å²) in [6.07, 6.45) is 14.4. The highest BCUT2D eigenvalue weighted by Gasteiger charge is 2.36. The number of carbonyl (C=O) groups is 4. The van der Waals surface area contributed by atoms with Crippen molar-refractivity contribution < 1.29 is 30.0 Å². The van der Waals surface area contributed by atoms with Crippen LogP contribution in [-0.4, -0.2) is 147 Å². The minimum atomic E-state index is -0.157. The molecule has 2 aliphatic carbocycles. The van der Waals surface area contributed by atoms with Gasteiger partial charge in [-0.15, -0.1) is 12.4 Å². The summed E-state index contributed by atoms with van der Waals surface area (Å²) >= 11 is 5.04. The van der Waals surface area contributed by atoms with Gasteiger partial charge >= 0.3 is 12.1 Å². The van der Waals surface area contributed by atoms with Gasteiger partial charge < -0.3 is 29.5 Å². The molecule has 2 aliphatic heterocycles. The van der Waals surface area contributed by atoms with E-state index in [1.54, 1.807) is 55.7 Å². The Morgan fingerprint density at radius 2 is 1.14 bits per heavy atom. The van der Waals surface area contributed by atoms with E-state index in [1.807, 2.05) is 74.1 Å². The maximum atomic E-state index is 12.9. The zero-order chi connectivity index (χ0) is 52.4. The average molecular weight is 1030 g/mol. The van der Waals surface area contributed by atoms with Crippen LogP contribution in [0, 0.1) is 25.7 Å². The second-order valence-corrected chi connectivity index (χ2v) is 19.3. The zero-order valence-corrected chi connectivity index (χ0v) is 46.0. The summed E-state index contributed by atoms with van der Waals surface area (Å²) in [4.78, 5) is 64.6. The lowest BCUT2D eigenvalue weighted by atomic mass is 10.0. The van der Waals surface area contributed by atoms with Gasteiger partial charge in [0.1, 0.15) is 24.2 Å². The minimum Gasteiger partial charge on any atom is -0.496 e.